The lowest BCUT2D eigenvalue weighted by atomic mass is 9.81. The molecule has 0 bridgehead atoms. The predicted molar refractivity (Wildman–Crippen MR) is 82.0 cm³/mol. The quantitative estimate of drug-likeness (QED) is 0.521. The molecule has 1 fully saturated rings. The van der Waals surface area contributed by atoms with Gasteiger partial charge in [0.05, 0.1) is 0 Å². The van der Waals surface area contributed by atoms with E-state index in [1.807, 2.05) is 0 Å². The van der Waals surface area contributed by atoms with Crippen molar-refractivity contribution in [1.29, 1.82) is 0 Å². The topological polar surface area (TPSA) is 12.0 Å². The molecule has 1 N–H and O–H groups in total. The van der Waals surface area contributed by atoms with Crippen LogP contribution in [0.4, 0.5) is 0 Å². The number of unbranched alkanes of at least 4 members (excludes halogenated alkanes) is 7. The lowest BCUT2D eigenvalue weighted by Gasteiger charge is -2.31. The van der Waals surface area contributed by atoms with E-state index in [1.165, 1.54) is 83.5 Å². The normalized spacial score (nSPS) is 24.3. The fourth-order valence-corrected chi connectivity index (χ4v) is 3.47. The third kappa shape index (κ3) is 6.78. The Morgan fingerprint density at radius 1 is 0.833 bits per heavy atom. The second-order valence-electron chi connectivity index (χ2n) is 6.20. The van der Waals surface area contributed by atoms with Gasteiger partial charge in [0.1, 0.15) is 0 Å². The van der Waals surface area contributed by atoms with Crippen molar-refractivity contribution in [3.8, 4) is 0 Å². The highest BCUT2D eigenvalue weighted by molar-refractivity contribution is 4.79. The first-order chi connectivity index (χ1) is 8.88. The highest BCUT2D eigenvalue weighted by Crippen LogP contribution is 2.28. The molecule has 0 heterocycles. The molecule has 2 unspecified atom stereocenters. The molecule has 1 heteroatoms. The Balaban J connectivity index is 1.93. The average molecular weight is 253 g/mol. The third-order valence-corrected chi connectivity index (χ3v) is 4.71. The van der Waals surface area contributed by atoms with Crippen LogP contribution >= 0.6 is 0 Å². The maximum Gasteiger partial charge on any atom is 0.00923 e. The molecule has 1 saturated carbocycles. The first kappa shape index (κ1) is 16.0. The van der Waals surface area contributed by atoms with Gasteiger partial charge in [0.2, 0.25) is 0 Å². The minimum absolute atomic E-state index is 0.823. The zero-order valence-electron chi connectivity index (χ0n) is 12.8. The van der Waals surface area contributed by atoms with Gasteiger partial charge in [0.15, 0.2) is 0 Å². The van der Waals surface area contributed by atoms with Crippen molar-refractivity contribution in [2.45, 2.75) is 96.4 Å². The second kappa shape index (κ2) is 10.8. The van der Waals surface area contributed by atoms with Crippen molar-refractivity contribution in [2.75, 3.05) is 7.05 Å². The minimum atomic E-state index is 0.823. The van der Waals surface area contributed by atoms with Gasteiger partial charge in [-0.15, -0.1) is 0 Å². The van der Waals surface area contributed by atoms with Crippen molar-refractivity contribution >= 4 is 0 Å². The van der Waals surface area contributed by atoms with E-state index in [0.717, 1.165) is 12.0 Å². The van der Waals surface area contributed by atoms with Crippen LogP contribution in [0.2, 0.25) is 0 Å². The Labute approximate surface area is 115 Å². The van der Waals surface area contributed by atoms with Gasteiger partial charge in [0, 0.05) is 6.04 Å². The Hall–Kier alpha value is -0.0400. The fourth-order valence-electron chi connectivity index (χ4n) is 3.47. The van der Waals surface area contributed by atoms with Gasteiger partial charge in [-0.2, -0.15) is 0 Å². The summed E-state index contributed by atoms with van der Waals surface area (Å²) in [5.74, 6) is 0.976. The zero-order chi connectivity index (χ0) is 13.1. The van der Waals surface area contributed by atoms with Crippen LogP contribution in [-0.2, 0) is 0 Å². The van der Waals surface area contributed by atoms with Crippen molar-refractivity contribution in [3.63, 3.8) is 0 Å². The predicted octanol–water partition coefficient (Wildman–Crippen LogP) is 5.30. The molecule has 0 aromatic rings. The monoisotopic (exact) mass is 253 g/mol. The molecule has 2 atom stereocenters. The Morgan fingerprint density at radius 2 is 1.44 bits per heavy atom. The molecule has 1 nitrogen and oxygen atoms in total. The van der Waals surface area contributed by atoms with E-state index in [-0.39, 0.29) is 0 Å². The number of rotatable bonds is 10. The van der Waals surface area contributed by atoms with Crippen molar-refractivity contribution in [2.24, 2.45) is 5.92 Å². The first-order valence-corrected chi connectivity index (χ1v) is 8.55. The van der Waals surface area contributed by atoms with Crippen LogP contribution in [0.15, 0.2) is 0 Å². The lowest BCUT2D eigenvalue weighted by molar-refractivity contribution is 0.254. The van der Waals surface area contributed by atoms with Gasteiger partial charge < -0.3 is 5.32 Å². The molecular weight excluding hydrogens is 218 g/mol. The van der Waals surface area contributed by atoms with Gasteiger partial charge >= 0.3 is 0 Å². The zero-order valence-corrected chi connectivity index (χ0v) is 12.8. The summed E-state index contributed by atoms with van der Waals surface area (Å²) < 4.78 is 0. The maximum absolute atomic E-state index is 3.53. The molecule has 108 valence electrons. The van der Waals surface area contributed by atoms with Gasteiger partial charge in [0.25, 0.3) is 0 Å². The molecular formula is C17H35N. The largest absolute Gasteiger partial charge is 0.317 e. The SMILES string of the molecule is CCCCCCCCCCC1CCCCC1NC. The van der Waals surface area contributed by atoms with Crippen LogP contribution in [0.5, 0.6) is 0 Å². The van der Waals surface area contributed by atoms with E-state index in [4.69, 9.17) is 0 Å². The summed E-state index contributed by atoms with van der Waals surface area (Å²) >= 11 is 0. The van der Waals surface area contributed by atoms with E-state index in [9.17, 15) is 0 Å². The molecule has 0 radical (unpaired) electrons. The highest BCUT2D eigenvalue weighted by Gasteiger charge is 2.22. The lowest BCUT2D eigenvalue weighted by Crippen LogP contribution is -2.36. The molecule has 1 aliphatic carbocycles. The molecule has 0 aliphatic heterocycles. The van der Waals surface area contributed by atoms with E-state index < -0.39 is 0 Å². The summed E-state index contributed by atoms with van der Waals surface area (Å²) in [6, 6.07) is 0.823. The Bertz CT molecular complexity index is 178. The summed E-state index contributed by atoms with van der Waals surface area (Å²) in [4.78, 5) is 0. The van der Waals surface area contributed by atoms with Crippen LogP contribution in [0.3, 0.4) is 0 Å². The number of nitrogens with one attached hydrogen (secondary N) is 1. The summed E-state index contributed by atoms with van der Waals surface area (Å²) in [6.07, 6.45) is 18.9. The van der Waals surface area contributed by atoms with Gasteiger partial charge in [-0.05, 0) is 32.2 Å². The van der Waals surface area contributed by atoms with Gasteiger partial charge in [-0.25, -0.2) is 0 Å². The molecule has 0 saturated heterocycles. The summed E-state index contributed by atoms with van der Waals surface area (Å²) in [5.41, 5.74) is 0. The maximum atomic E-state index is 3.53. The van der Waals surface area contributed by atoms with Crippen molar-refractivity contribution in [3.05, 3.63) is 0 Å². The number of hydrogen-bond acceptors (Lipinski definition) is 1. The van der Waals surface area contributed by atoms with Gasteiger partial charge in [-0.3, -0.25) is 0 Å². The molecule has 0 amide bonds. The van der Waals surface area contributed by atoms with Crippen LogP contribution in [0.1, 0.15) is 90.4 Å². The first-order valence-electron chi connectivity index (χ1n) is 8.55. The molecule has 1 rings (SSSR count). The van der Waals surface area contributed by atoms with Crippen LogP contribution in [0, 0.1) is 5.92 Å². The molecule has 0 spiro atoms. The smallest absolute Gasteiger partial charge is 0.00923 e. The molecule has 18 heavy (non-hydrogen) atoms. The minimum Gasteiger partial charge on any atom is -0.317 e. The van der Waals surface area contributed by atoms with Gasteiger partial charge in [-0.1, -0.05) is 71.1 Å². The van der Waals surface area contributed by atoms with Crippen LogP contribution < -0.4 is 5.32 Å². The van der Waals surface area contributed by atoms with E-state index in [2.05, 4.69) is 19.3 Å². The molecule has 1 aliphatic rings. The van der Waals surface area contributed by atoms with Crippen molar-refractivity contribution in [1.82, 2.24) is 5.32 Å². The number of hydrogen-bond donors (Lipinski definition) is 1. The van der Waals surface area contributed by atoms with E-state index in [1.54, 1.807) is 0 Å². The summed E-state index contributed by atoms with van der Waals surface area (Å²) in [7, 11) is 2.15. The highest BCUT2D eigenvalue weighted by atomic mass is 14.9. The van der Waals surface area contributed by atoms with Crippen LogP contribution in [-0.4, -0.2) is 13.1 Å². The van der Waals surface area contributed by atoms with Crippen LogP contribution in [0.25, 0.3) is 0 Å². The second-order valence-corrected chi connectivity index (χ2v) is 6.20. The molecule has 0 aromatic carbocycles. The third-order valence-electron chi connectivity index (χ3n) is 4.71. The summed E-state index contributed by atoms with van der Waals surface area (Å²) in [6.45, 7) is 2.29. The molecule has 0 aromatic heterocycles. The Kier molecular flexibility index (Phi) is 9.65. The standard InChI is InChI=1S/C17H35N/c1-3-4-5-6-7-8-9-10-13-16-14-11-12-15-17(16)18-2/h16-18H,3-15H2,1-2H3. The fraction of sp³-hybridized carbons (Fsp3) is 1.00. The van der Waals surface area contributed by atoms with E-state index in [0.29, 0.717) is 0 Å². The van der Waals surface area contributed by atoms with E-state index >= 15 is 0 Å². The average Bonchev–Trinajstić information content (AvgIpc) is 2.42. The Morgan fingerprint density at radius 3 is 2.11 bits per heavy atom. The summed E-state index contributed by atoms with van der Waals surface area (Å²) in [5, 5.41) is 3.53. The van der Waals surface area contributed by atoms with Crippen molar-refractivity contribution < 1.29 is 0 Å².